The largest absolute Gasteiger partial charge is 0.688 e. The van der Waals surface area contributed by atoms with Gasteiger partial charge in [-0.2, -0.15) is 0 Å². The highest BCUT2D eigenvalue weighted by Crippen LogP contribution is 2.46. The van der Waals surface area contributed by atoms with E-state index in [0.717, 1.165) is 0 Å². The van der Waals surface area contributed by atoms with Gasteiger partial charge in [-0.15, -0.1) is 0 Å². The van der Waals surface area contributed by atoms with Crippen LogP contribution in [0, 0.1) is 5.92 Å². The molecule has 1 amide bonds. The van der Waals surface area contributed by atoms with Crippen LogP contribution in [0.15, 0.2) is 18.2 Å². The third-order valence-corrected chi connectivity index (χ3v) is 6.09. The number of fused-ring (bicyclic) bond motifs is 1. The maximum absolute atomic E-state index is 12.7. The van der Waals surface area contributed by atoms with Crippen molar-refractivity contribution < 1.29 is 32.8 Å². The summed E-state index contributed by atoms with van der Waals surface area (Å²) in [5.74, 6) is -2.27. The summed E-state index contributed by atoms with van der Waals surface area (Å²) < 4.78 is 13.7. The van der Waals surface area contributed by atoms with E-state index in [0.29, 0.717) is 11.4 Å². The molecule has 2 saturated heterocycles. The van der Waals surface area contributed by atoms with Crippen molar-refractivity contribution in [1.29, 1.82) is 0 Å². The van der Waals surface area contributed by atoms with Crippen LogP contribution >= 0.6 is 23.2 Å². The SMILES string of the molecule is CC(C)C[C@H](CC(=O)CNC(=O)c1cc(Cl)ccc1Cl)[B-]12OC(=O)C[O+]1[C@H](C)C(=O)O2. The zero-order valence-corrected chi connectivity index (χ0v) is 19.0. The van der Waals surface area contributed by atoms with Crippen molar-refractivity contribution >= 4 is 53.6 Å². The van der Waals surface area contributed by atoms with E-state index in [1.165, 1.54) is 12.1 Å². The van der Waals surface area contributed by atoms with Gasteiger partial charge < -0.3 is 18.9 Å². The monoisotopic (exact) mass is 471 g/mol. The molecular formula is C20H24BCl2NO7. The van der Waals surface area contributed by atoms with E-state index in [-0.39, 0.29) is 41.9 Å². The summed E-state index contributed by atoms with van der Waals surface area (Å²) >= 11 is 11.9. The fourth-order valence-electron chi connectivity index (χ4n) is 4.16. The van der Waals surface area contributed by atoms with Crippen molar-refractivity contribution in [3.05, 3.63) is 33.8 Å². The first-order valence-corrected chi connectivity index (χ1v) is 10.8. The lowest BCUT2D eigenvalue weighted by Crippen LogP contribution is -2.49. The highest BCUT2D eigenvalue weighted by Gasteiger charge is 2.69. The minimum absolute atomic E-state index is 0.0431. The Balaban J connectivity index is 1.72. The summed E-state index contributed by atoms with van der Waals surface area (Å²) in [6, 6.07) is 4.47. The zero-order chi connectivity index (χ0) is 22.9. The number of amides is 1. The topological polar surface area (TPSA) is 101 Å². The summed E-state index contributed by atoms with van der Waals surface area (Å²) in [7, 11) is 0. The highest BCUT2D eigenvalue weighted by molar-refractivity contribution is 6.69. The number of carbonyl (C=O) groups is 4. The van der Waals surface area contributed by atoms with Gasteiger partial charge in [0.05, 0.1) is 17.1 Å². The zero-order valence-electron chi connectivity index (χ0n) is 17.5. The predicted octanol–water partition coefficient (Wildman–Crippen LogP) is 3.09. The predicted molar refractivity (Wildman–Crippen MR) is 115 cm³/mol. The summed E-state index contributed by atoms with van der Waals surface area (Å²) in [5.41, 5.74) is 0.161. The molecular weight excluding hydrogens is 448 g/mol. The third-order valence-electron chi connectivity index (χ3n) is 5.53. The molecule has 2 aliphatic heterocycles. The van der Waals surface area contributed by atoms with E-state index in [1.54, 1.807) is 13.0 Å². The van der Waals surface area contributed by atoms with Gasteiger partial charge >= 0.3 is 18.7 Å². The molecule has 1 N–H and O–H groups in total. The molecule has 3 rings (SSSR count). The lowest BCUT2D eigenvalue weighted by Gasteiger charge is -2.36. The Labute approximate surface area is 190 Å². The van der Waals surface area contributed by atoms with Crippen LogP contribution in [0.25, 0.3) is 0 Å². The molecule has 168 valence electrons. The van der Waals surface area contributed by atoms with Crippen molar-refractivity contribution in [1.82, 2.24) is 5.32 Å². The molecule has 8 nitrogen and oxygen atoms in total. The molecule has 1 aromatic carbocycles. The van der Waals surface area contributed by atoms with E-state index < -0.39 is 36.5 Å². The maximum atomic E-state index is 12.7. The molecule has 1 aromatic rings. The lowest BCUT2D eigenvalue weighted by molar-refractivity contribution is -0.146. The molecule has 2 aliphatic rings. The molecule has 2 fully saturated rings. The van der Waals surface area contributed by atoms with E-state index in [4.69, 9.17) is 32.5 Å². The maximum Gasteiger partial charge on any atom is 0.688 e. The molecule has 3 atom stereocenters. The molecule has 11 heteroatoms. The van der Waals surface area contributed by atoms with Crippen LogP contribution in [-0.4, -0.2) is 49.6 Å². The van der Waals surface area contributed by atoms with E-state index >= 15 is 0 Å². The molecule has 0 saturated carbocycles. The van der Waals surface area contributed by atoms with Crippen LogP contribution < -0.4 is 5.32 Å². The van der Waals surface area contributed by atoms with Crippen LogP contribution in [0.2, 0.25) is 15.9 Å². The standard InChI is InChI=1S/C20H24BCl2NO7/c1-11(2)6-13(21-29-18(26)10-31(21)12(3)20(28)30-21)7-15(25)9-24-19(27)16-8-14(22)4-5-17(16)23/h4-5,8,11-13H,6-7,9-10H2,1-3H3,(H,24,27)/t12-,13-,21?/m1/s1. The third kappa shape index (κ3) is 4.89. The van der Waals surface area contributed by atoms with Gasteiger partial charge in [0.25, 0.3) is 5.91 Å². The van der Waals surface area contributed by atoms with E-state index in [9.17, 15) is 19.2 Å². The number of Topliss-reactive ketones (excluding diaryl/α,β-unsaturated/α-hetero) is 1. The van der Waals surface area contributed by atoms with Crippen LogP contribution in [0.4, 0.5) is 0 Å². The van der Waals surface area contributed by atoms with Crippen LogP contribution in [0.1, 0.15) is 44.0 Å². The van der Waals surface area contributed by atoms with Gasteiger partial charge in [0.1, 0.15) is 5.78 Å². The summed E-state index contributed by atoms with van der Waals surface area (Å²) in [6.07, 6.45) is -0.268. The fraction of sp³-hybridized carbons (Fsp3) is 0.500. The van der Waals surface area contributed by atoms with Gasteiger partial charge in [-0.05, 0) is 30.5 Å². The number of ketones is 1. The Morgan fingerprint density at radius 1 is 1.26 bits per heavy atom. The average molecular weight is 472 g/mol. The molecule has 0 spiro atoms. The summed E-state index contributed by atoms with van der Waals surface area (Å²) in [5, 5.41) is 3.10. The molecule has 1 unspecified atom stereocenters. The molecule has 2 heterocycles. The first-order valence-electron chi connectivity index (χ1n) is 10.1. The second-order valence-electron chi connectivity index (χ2n) is 8.32. The number of rotatable bonds is 8. The van der Waals surface area contributed by atoms with Crippen LogP contribution in [0.3, 0.4) is 0 Å². The Bertz CT molecular complexity index is 925. The molecule has 0 aliphatic carbocycles. The van der Waals surface area contributed by atoms with Crippen molar-refractivity contribution in [2.75, 3.05) is 13.2 Å². The van der Waals surface area contributed by atoms with Gasteiger partial charge in [0.2, 0.25) is 6.10 Å². The minimum Gasteiger partial charge on any atom is -0.580 e. The second-order valence-corrected chi connectivity index (χ2v) is 9.16. The number of nitrogens with one attached hydrogen (secondary N) is 1. The Morgan fingerprint density at radius 3 is 2.65 bits per heavy atom. The van der Waals surface area contributed by atoms with Crippen molar-refractivity contribution in [3.63, 3.8) is 0 Å². The van der Waals surface area contributed by atoms with Gasteiger partial charge in [0.15, 0.2) is 6.61 Å². The van der Waals surface area contributed by atoms with Gasteiger partial charge in [0, 0.05) is 17.8 Å². The van der Waals surface area contributed by atoms with Crippen molar-refractivity contribution in [2.24, 2.45) is 5.92 Å². The molecule has 0 radical (unpaired) electrons. The summed E-state index contributed by atoms with van der Waals surface area (Å²) in [6.45, 7) is 2.63. The van der Waals surface area contributed by atoms with Gasteiger partial charge in [-0.25, -0.2) is 9.59 Å². The Hall–Kier alpha value is -2.10. The van der Waals surface area contributed by atoms with Crippen LogP contribution in [-0.2, 0) is 28.0 Å². The first-order chi connectivity index (χ1) is 14.5. The number of hydrogen-bond donors (Lipinski definition) is 1. The van der Waals surface area contributed by atoms with Crippen molar-refractivity contribution in [2.45, 2.75) is 45.5 Å². The van der Waals surface area contributed by atoms with Gasteiger partial charge in [-0.3, -0.25) is 9.59 Å². The minimum atomic E-state index is -2.50. The second kappa shape index (κ2) is 9.18. The van der Waals surface area contributed by atoms with Crippen LogP contribution in [0.5, 0.6) is 0 Å². The first kappa shape index (κ1) is 23.6. The summed E-state index contributed by atoms with van der Waals surface area (Å²) in [4.78, 5) is 49.3. The molecule has 31 heavy (non-hydrogen) atoms. The number of carbonyl (C=O) groups excluding carboxylic acids is 4. The van der Waals surface area contributed by atoms with Crippen molar-refractivity contribution in [3.8, 4) is 0 Å². The lowest BCUT2D eigenvalue weighted by atomic mass is 9.58. The smallest absolute Gasteiger partial charge is 0.580 e. The Morgan fingerprint density at radius 2 is 1.97 bits per heavy atom. The number of benzene rings is 1. The molecule has 0 bridgehead atoms. The number of hydrogen-bond acceptors (Lipinski definition) is 6. The number of halogens is 2. The Kier molecular flexibility index (Phi) is 6.98. The van der Waals surface area contributed by atoms with Gasteiger partial charge in [-0.1, -0.05) is 43.5 Å². The fourth-order valence-corrected chi connectivity index (χ4v) is 4.53. The normalized spacial score (nSPS) is 24.0. The molecule has 0 aromatic heterocycles. The van der Waals surface area contributed by atoms with E-state index in [2.05, 4.69) is 9.60 Å². The highest BCUT2D eigenvalue weighted by atomic mass is 35.5. The van der Waals surface area contributed by atoms with E-state index in [1.807, 2.05) is 13.8 Å². The quantitative estimate of drug-likeness (QED) is 0.461. The average Bonchev–Trinajstić information content (AvgIpc) is 3.13.